The molecule has 82 valence electrons. The van der Waals surface area contributed by atoms with Gasteiger partial charge in [-0.1, -0.05) is 29.4 Å². The third kappa shape index (κ3) is 3.57. The van der Waals surface area contributed by atoms with E-state index >= 15 is 0 Å². The smallest absolute Gasteiger partial charge is 0.170 e. The van der Waals surface area contributed by atoms with E-state index in [1.807, 2.05) is 43.4 Å². The Kier molecular flexibility index (Phi) is 4.08. The van der Waals surface area contributed by atoms with Crippen molar-refractivity contribution in [1.82, 2.24) is 10.4 Å². The average molecular weight is 208 g/mol. The number of amidine groups is 1. The molecule has 0 aliphatic carbocycles. The second-order valence-corrected chi connectivity index (χ2v) is 3.41. The van der Waals surface area contributed by atoms with Crippen LogP contribution < -0.4 is 11.2 Å². The summed E-state index contributed by atoms with van der Waals surface area (Å²) in [5.74, 6) is 0.127. The van der Waals surface area contributed by atoms with Gasteiger partial charge in [-0.05, 0) is 5.56 Å². The second-order valence-electron chi connectivity index (χ2n) is 3.41. The molecule has 0 radical (unpaired) electrons. The molecule has 5 nitrogen and oxygen atoms in total. The number of hydrogen-bond acceptors (Lipinski definition) is 4. The number of benzene rings is 1. The Labute approximate surface area is 89.2 Å². The second kappa shape index (κ2) is 5.33. The Morgan fingerprint density at radius 2 is 2.00 bits per heavy atom. The van der Waals surface area contributed by atoms with E-state index < -0.39 is 0 Å². The Hall–Kier alpha value is -1.59. The van der Waals surface area contributed by atoms with Crippen LogP contribution in [0.4, 0.5) is 0 Å². The molecule has 1 aromatic carbocycles. The quantitative estimate of drug-likeness (QED) is 0.289. The fourth-order valence-corrected chi connectivity index (χ4v) is 1.10. The van der Waals surface area contributed by atoms with Crippen LogP contribution in [0.3, 0.4) is 0 Å². The van der Waals surface area contributed by atoms with E-state index in [0.29, 0.717) is 5.56 Å². The van der Waals surface area contributed by atoms with Gasteiger partial charge in [0, 0.05) is 26.2 Å². The highest BCUT2D eigenvalue weighted by Gasteiger charge is 1.99. The van der Waals surface area contributed by atoms with Crippen LogP contribution >= 0.6 is 0 Å². The molecule has 0 aromatic heterocycles. The predicted molar refractivity (Wildman–Crippen MR) is 59.5 cm³/mol. The molecule has 0 saturated carbocycles. The third-order valence-electron chi connectivity index (χ3n) is 1.96. The van der Waals surface area contributed by atoms with Crippen LogP contribution in [0, 0.1) is 0 Å². The zero-order valence-electron chi connectivity index (χ0n) is 8.94. The molecule has 0 spiro atoms. The number of rotatable bonds is 4. The van der Waals surface area contributed by atoms with Gasteiger partial charge in [0.15, 0.2) is 5.84 Å². The zero-order valence-corrected chi connectivity index (χ0v) is 8.94. The highest BCUT2D eigenvalue weighted by Crippen LogP contribution is 2.03. The van der Waals surface area contributed by atoms with Crippen molar-refractivity contribution in [2.45, 2.75) is 6.54 Å². The van der Waals surface area contributed by atoms with Crippen molar-refractivity contribution in [3.8, 4) is 0 Å². The van der Waals surface area contributed by atoms with Crippen LogP contribution in [0.5, 0.6) is 0 Å². The van der Waals surface area contributed by atoms with E-state index in [4.69, 9.17) is 10.9 Å². The Morgan fingerprint density at radius 1 is 1.40 bits per heavy atom. The van der Waals surface area contributed by atoms with Gasteiger partial charge in [0.05, 0.1) is 0 Å². The van der Waals surface area contributed by atoms with Crippen LogP contribution in [-0.2, 0) is 6.54 Å². The van der Waals surface area contributed by atoms with E-state index in [2.05, 4.69) is 10.6 Å². The Morgan fingerprint density at radius 3 is 2.47 bits per heavy atom. The number of oxime groups is 1. The lowest BCUT2D eigenvalue weighted by molar-refractivity contribution is 0.286. The molecule has 0 unspecified atom stereocenters. The van der Waals surface area contributed by atoms with Crippen molar-refractivity contribution in [2.24, 2.45) is 10.9 Å². The maximum Gasteiger partial charge on any atom is 0.170 e. The summed E-state index contributed by atoms with van der Waals surface area (Å²) >= 11 is 0. The molecule has 4 N–H and O–H groups in total. The van der Waals surface area contributed by atoms with Gasteiger partial charge in [-0.2, -0.15) is 0 Å². The topological polar surface area (TPSA) is 73.9 Å². The molecule has 0 bridgehead atoms. The van der Waals surface area contributed by atoms with Gasteiger partial charge in [-0.25, -0.2) is 0 Å². The van der Waals surface area contributed by atoms with E-state index in [1.54, 1.807) is 0 Å². The summed E-state index contributed by atoms with van der Waals surface area (Å²) in [5.41, 5.74) is 10.4. The van der Waals surface area contributed by atoms with E-state index in [1.165, 1.54) is 0 Å². The minimum absolute atomic E-state index is 0.127. The van der Waals surface area contributed by atoms with Crippen molar-refractivity contribution in [1.29, 1.82) is 0 Å². The molecular weight excluding hydrogens is 192 g/mol. The number of nitrogens with two attached hydrogens (primary N) is 1. The molecule has 1 aromatic rings. The standard InChI is InChI=1S/C10H16N4O/c1-14(2)12-7-8-3-5-9(6-4-8)10(11)13-15/h3-6,12,15H,7H2,1-2H3,(H2,11,13). The molecule has 0 fully saturated rings. The van der Waals surface area contributed by atoms with Gasteiger partial charge < -0.3 is 10.9 Å². The highest BCUT2D eigenvalue weighted by molar-refractivity contribution is 5.96. The number of nitrogens with one attached hydrogen (secondary N) is 1. The van der Waals surface area contributed by atoms with Gasteiger partial charge in [0.25, 0.3) is 0 Å². The normalized spacial score (nSPS) is 12.1. The highest BCUT2D eigenvalue weighted by atomic mass is 16.4. The first-order valence-electron chi connectivity index (χ1n) is 4.61. The maximum atomic E-state index is 8.48. The number of hydrogen-bond donors (Lipinski definition) is 3. The maximum absolute atomic E-state index is 8.48. The SMILES string of the molecule is CN(C)NCc1ccc(/C(N)=N/O)cc1. The predicted octanol–water partition coefficient (Wildman–Crippen LogP) is 0.347. The summed E-state index contributed by atoms with van der Waals surface area (Å²) in [6, 6.07) is 7.51. The summed E-state index contributed by atoms with van der Waals surface area (Å²) in [6.07, 6.45) is 0. The van der Waals surface area contributed by atoms with Crippen LogP contribution in [0.25, 0.3) is 0 Å². The van der Waals surface area contributed by atoms with Crippen molar-refractivity contribution in [3.05, 3.63) is 35.4 Å². The summed E-state index contributed by atoms with van der Waals surface area (Å²) < 4.78 is 0. The van der Waals surface area contributed by atoms with Crippen LogP contribution in [0.1, 0.15) is 11.1 Å². The lowest BCUT2D eigenvalue weighted by Crippen LogP contribution is -2.29. The molecule has 5 heteroatoms. The molecule has 0 saturated heterocycles. The van der Waals surface area contributed by atoms with Gasteiger partial charge in [-0.15, -0.1) is 0 Å². The summed E-state index contributed by atoms with van der Waals surface area (Å²) in [4.78, 5) is 0. The zero-order chi connectivity index (χ0) is 11.3. The summed E-state index contributed by atoms with van der Waals surface area (Å²) in [6.45, 7) is 0.753. The van der Waals surface area contributed by atoms with Crippen molar-refractivity contribution in [2.75, 3.05) is 14.1 Å². The van der Waals surface area contributed by atoms with Crippen LogP contribution in [0.15, 0.2) is 29.4 Å². The van der Waals surface area contributed by atoms with Gasteiger partial charge in [0.1, 0.15) is 0 Å². The molecule has 0 atom stereocenters. The van der Waals surface area contributed by atoms with Crippen molar-refractivity contribution < 1.29 is 5.21 Å². The lowest BCUT2D eigenvalue weighted by Gasteiger charge is -2.11. The van der Waals surface area contributed by atoms with E-state index in [9.17, 15) is 0 Å². The largest absolute Gasteiger partial charge is 0.409 e. The van der Waals surface area contributed by atoms with E-state index in [-0.39, 0.29) is 5.84 Å². The first kappa shape index (κ1) is 11.5. The molecule has 0 heterocycles. The van der Waals surface area contributed by atoms with Gasteiger partial charge in [0.2, 0.25) is 0 Å². The molecule has 1 rings (SSSR count). The van der Waals surface area contributed by atoms with Crippen LogP contribution in [0.2, 0.25) is 0 Å². The molecule has 15 heavy (non-hydrogen) atoms. The first-order valence-corrected chi connectivity index (χ1v) is 4.61. The molecule has 0 amide bonds. The van der Waals surface area contributed by atoms with Crippen molar-refractivity contribution in [3.63, 3.8) is 0 Å². The van der Waals surface area contributed by atoms with Crippen LogP contribution in [-0.4, -0.2) is 30.1 Å². The fourth-order valence-electron chi connectivity index (χ4n) is 1.10. The van der Waals surface area contributed by atoms with Crippen molar-refractivity contribution >= 4 is 5.84 Å². The van der Waals surface area contributed by atoms with Gasteiger partial charge >= 0.3 is 0 Å². The fraction of sp³-hybridized carbons (Fsp3) is 0.300. The molecule has 0 aliphatic heterocycles. The lowest BCUT2D eigenvalue weighted by atomic mass is 10.1. The van der Waals surface area contributed by atoms with Gasteiger partial charge in [-0.3, -0.25) is 10.4 Å². The molecular formula is C10H16N4O. The average Bonchev–Trinajstić information content (AvgIpc) is 2.26. The summed E-state index contributed by atoms with van der Waals surface area (Å²) in [5, 5.41) is 13.3. The minimum Gasteiger partial charge on any atom is -0.409 e. The third-order valence-corrected chi connectivity index (χ3v) is 1.96. The van der Waals surface area contributed by atoms with E-state index in [0.717, 1.165) is 12.1 Å². The Balaban J connectivity index is 2.64. The summed E-state index contributed by atoms with van der Waals surface area (Å²) in [7, 11) is 3.87. The first-order chi connectivity index (χ1) is 7.13. The number of hydrazine groups is 1. The Bertz CT molecular complexity index is 332. The number of nitrogens with zero attached hydrogens (tertiary/aromatic N) is 2. The monoisotopic (exact) mass is 208 g/mol. The molecule has 0 aliphatic rings. The minimum atomic E-state index is 0.127.